The van der Waals surface area contributed by atoms with Crippen molar-refractivity contribution in [3.8, 4) is 0 Å². The molecule has 3 aliphatic carbocycles. The molecule has 5 fully saturated rings. The highest BCUT2D eigenvalue weighted by atomic mass is 16.7. The number of carbonyl (C=O) groups excluding carboxylic acids is 1. The third kappa shape index (κ3) is 4.06. The standard InChI is InChI=1S/C29H45B2NO6/c1-23(2,3)34-22(33)32(17-20-15-13-12-14-16-20)29-18-28(19-29,31-37-26(8,9)27(10,11)38-31)21(29)30-35-24(4,5)25(6,7)36-30/h12-16,21H,17-19H2,1-11H3. The summed E-state index contributed by atoms with van der Waals surface area (Å²) in [6.45, 7) is 22.8. The molecule has 1 unspecified atom stereocenters. The minimum atomic E-state index is -0.612. The quantitative estimate of drug-likeness (QED) is 0.423. The Morgan fingerprint density at radius 1 is 0.868 bits per heavy atom. The number of benzene rings is 1. The minimum Gasteiger partial charge on any atom is -0.444 e. The third-order valence-corrected chi connectivity index (χ3v) is 10.1. The minimum absolute atomic E-state index is 0.123. The van der Waals surface area contributed by atoms with Crippen molar-refractivity contribution in [2.45, 2.75) is 140 Å². The van der Waals surface area contributed by atoms with Gasteiger partial charge in [0, 0.05) is 23.2 Å². The lowest BCUT2D eigenvalue weighted by Gasteiger charge is -2.78. The zero-order valence-corrected chi connectivity index (χ0v) is 25.1. The second-order valence-electron chi connectivity index (χ2n) is 14.9. The molecule has 208 valence electrons. The molecule has 0 aromatic heterocycles. The van der Waals surface area contributed by atoms with Gasteiger partial charge in [0.2, 0.25) is 0 Å². The molecule has 2 bridgehead atoms. The lowest BCUT2D eigenvalue weighted by Crippen LogP contribution is -2.82. The van der Waals surface area contributed by atoms with E-state index in [1.807, 2.05) is 43.9 Å². The van der Waals surface area contributed by atoms with Crippen molar-refractivity contribution >= 4 is 20.3 Å². The molecule has 1 aromatic rings. The Morgan fingerprint density at radius 3 is 1.82 bits per heavy atom. The van der Waals surface area contributed by atoms with E-state index in [4.69, 9.17) is 23.4 Å². The van der Waals surface area contributed by atoms with Gasteiger partial charge in [0.1, 0.15) is 5.60 Å². The first-order chi connectivity index (χ1) is 17.3. The molecule has 7 nitrogen and oxygen atoms in total. The Hall–Kier alpha value is -1.54. The van der Waals surface area contributed by atoms with Gasteiger partial charge in [-0.1, -0.05) is 30.3 Å². The molecule has 0 radical (unpaired) electrons. The van der Waals surface area contributed by atoms with Gasteiger partial charge in [-0.2, -0.15) is 0 Å². The third-order valence-electron chi connectivity index (χ3n) is 10.1. The normalized spacial score (nSPS) is 33.9. The van der Waals surface area contributed by atoms with E-state index < -0.39 is 47.8 Å². The van der Waals surface area contributed by atoms with Gasteiger partial charge in [0.05, 0.1) is 22.4 Å². The molecule has 1 aromatic carbocycles. The van der Waals surface area contributed by atoms with Crippen LogP contribution in [-0.2, 0) is 29.9 Å². The molecule has 6 rings (SSSR count). The Balaban J connectivity index is 1.53. The highest BCUT2D eigenvalue weighted by molar-refractivity contribution is 6.59. The molecule has 9 heteroatoms. The second kappa shape index (κ2) is 8.25. The SMILES string of the molecule is CC(C)(C)OC(=O)N(Cc1ccccc1)C12CC(B3OC(C)(C)C(C)(C)O3)(C1)C2B1OC(C)(C)C(C)(C)O1. The van der Waals surface area contributed by atoms with Crippen LogP contribution < -0.4 is 0 Å². The van der Waals surface area contributed by atoms with E-state index in [9.17, 15) is 4.79 Å². The fraction of sp³-hybridized carbons (Fsp3) is 0.759. The summed E-state index contributed by atoms with van der Waals surface area (Å²) in [7, 11) is -0.905. The predicted molar refractivity (Wildman–Crippen MR) is 149 cm³/mol. The van der Waals surface area contributed by atoms with Crippen molar-refractivity contribution < 1.29 is 28.1 Å². The zero-order chi connectivity index (χ0) is 28.2. The molecular weight excluding hydrogens is 480 g/mol. The number of carbonyl (C=O) groups is 1. The zero-order valence-electron chi connectivity index (χ0n) is 25.1. The van der Waals surface area contributed by atoms with Crippen molar-refractivity contribution in [3.63, 3.8) is 0 Å². The molecule has 5 aliphatic rings. The van der Waals surface area contributed by atoms with Crippen LogP contribution in [0.4, 0.5) is 4.79 Å². The van der Waals surface area contributed by atoms with E-state index in [1.54, 1.807) is 0 Å². The first kappa shape index (κ1) is 28.0. The summed E-state index contributed by atoms with van der Waals surface area (Å²) >= 11 is 0. The number of ether oxygens (including phenoxy) is 1. The highest BCUT2D eigenvalue weighted by Crippen LogP contribution is 2.86. The average Bonchev–Trinajstić information content (AvgIpc) is 3.03. The number of hydrogen-bond donors (Lipinski definition) is 0. The van der Waals surface area contributed by atoms with Crippen LogP contribution in [0.25, 0.3) is 0 Å². The molecule has 2 aliphatic heterocycles. The second-order valence-corrected chi connectivity index (χ2v) is 14.9. The van der Waals surface area contributed by atoms with Gasteiger partial charge in [-0.3, -0.25) is 4.90 Å². The summed E-state index contributed by atoms with van der Waals surface area (Å²) < 4.78 is 32.5. The Kier molecular flexibility index (Phi) is 6.08. The van der Waals surface area contributed by atoms with Crippen LogP contribution in [0.5, 0.6) is 0 Å². The maximum atomic E-state index is 13.8. The van der Waals surface area contributed by atoms with E-state index in [0.29, 0.717) is 6.54 Å². The summed E-state index contributed by atoms with van der Waals surface area (Å²) in [5.41, 5.74) is -1.92. The van der Waals surface area contributed by atoms with Gasteiger partial charge >= 0.3 is 20.3 Å². The molecule has 1 amide bonds. The van der Waals surface area contributed by atoms with Crippen molar-refractivity contribution in [2.24, 2.45) is 0 Å². The lowest BCUT2D eigenvalue weighted by molar-refractivity contribution is -0.150. The van der Waals surface area contributed by atoms with Crippen molar-refractivity contribution in [1.29, 1.82) is 0 Å². The maximum absolute atomic E-state index is 13.8. The fourth-order valence-electron chi connectivity index (χ4n) is 6.59. The number of amides is 1. The van der Waals surface area contributed by atoms with Gasteiger partial charge in [0.25, 0.3) is 0 Å². The summed E-state index contributed by atoms with van der Waals surface area (Å²) in [6, 6.07) is 10.1. The maximum Gasteiger partial charge on any atom is 0.464 e. The first-order valence-electron chi connectivity index (χ1n) is 14.0. The first-order valence-corrected chi connectivity index (χ1v) is 14.0. The van der Waals surface area contributed by atoms with E-state index in [-0.39, 0.29) is 17.2 Å². The molecule has 2 heterocycles. The van der Waals surface area contributed by atoms with Crippen LogP contribution in [0, 0.1) is 0 Å². The molecule has 3 saturated carbocycles. The Morgan fingerprint density at radius 2 is 1.34 bits per heavy atom. The number of hydrogen-bond acceptors (Lipinski definition) is 6. The number of rotatable bonds is 5. The van der Waals surface area contributed by atoms with Gasteiger partial charge in [0.15, 0.2) is 0 Å². The number of nitrogens with zero attached hydrogens (tertiary/aromatic N) is 1. The summed E-state index contributed by atoms with van der Waals surface area (Å²) in [4.78, 5) is 15.8. The van der Waals surface area contributed by atoms with E-state index in [1.165, 1.54) is 0 Å². The van der Waals surface area contributed by atoms with E-state index in [2.05, 4.69) is 67.5 Å². The van der Waals surface area contributed by atoms with Crippen LogP contribution in [0.2, 0.25) is 11.1 Å². The Bertz CT molecular complexity index is 1060. The van der Waals surface area contributed by atoms with Crippen LogP contribution >= 0.6 is 0 Å². The molecule has 0 spiro atoms. The van der Waals surface area contributed by atoms with Crippen LogP contribution in [0.3, 0.4) is 0 Å². The molecule has 1 atom stereocenters. The van der Waals surface area contributed by atoms with Crippen molar-refractivity contribution in [1.82, 2.24) is 4.90 Å². The highest BCUT2D eigenvalue weighted by Gasteiger charge is 2.88. The molecular formula is C29H45B2NO6. The van der Waals surface area contributed by atoms with Crippen molar-refractivity contribution in [2.75, 3.05) is 0 Å². The molecule has 0 N–H and O–H groups in total. The van der Waals surface area contributed by atoms with Gasteiger partial charge in [-0.25, -0.2) is 4.79 Å². The van der Waals surface area contributed by atoms with Crippen LogP contribution in [0.1, 0.15) is 94.6 Å². The summed E-state index contributed by atoms with van der Waals surface area (Å²) in [5.74, 6) is -0.123. The Labute approximate surface area is 229 Å². The monoisotopic (exact) mass is 525 g/mol. The topological polar surface area (TPSA) is 66.5 Å². The van der Waals surface area contributed by atoms with E-state index >= 15 is 0 Å². The molecule has 38 heavy (non-hydrogen) atoms. The fourth-order valence-corrected chi connectivity index (χ4v) is 6.59. The van der Waals surface area contributed by atoms with Crippen LogP contribution in [0.15, 0.2) is 30.3 Å². The van der Waals surface area contributed by atoms with Crippen molar-refractivity contribution in [3.05, 3.63) is 35.9 Å². The molecule has 2 saturated heterocycles. The summed E-state index contributed by atoms with van der Waals surface area (Å²) in [5, 5.41) is -0.316. The van der Waals surface area contributed by atoms with Gasteiger partial charge in [-0.15, -0.1) is 0 Å². The average molecular weight is 525 g/mol. The predicted octanol–water partition coefficient (Wildman–Crippen LogP) is 6.26. The van der Waals surface area contributed by atoms with Gasteiger partial charge in [-0.05, 0) is 94.6 Å². The van der Waals surface area contributed by atoms with E-state index in [0.717, 1.165) is 18.4 Å². The smallest absolute Gasteiger partial charge is 0.444 e. The van der Waals surface area contributed by atoms with Gasteiger partial charge < -0.3 is 23.4 Å². The largest absolute Gasteiger partial charge is 0.464 e. The lowest BCUT2D eigenvalue weighted by atomic mass is 9.15. The summed E-state index contributed by atoms with van der Waals surface area (Å²) in [6.07, 6.45) is 1.18. The van der Waals surface area contributed by atoms with Crippen LogP contribution in [-0.4, -0.2) is 58.8 Å².